The number of hydrogen-bond acceptors (Lipinski definition) is 2. The van der Waals surface area contributed by atoms with Gasteiger partial charge in [-0.2, -0.15) is 0 Å². The molecular formula is C16H11NO3. The molecule has 2 aromatic carbocycles. The van der Waals surface area contributed by atoms with Gasteiger partial charge in [0.15, 0.2) is 0 Å². The monoisotopic (exact) mass is 265 g/mol. The number of hydrogen-bond donors (Lipinski definition) is 1. The lowest BCUT2D eigenvalue weighted by Crippen LogP contribution is -2.24. The fourth-order valence-electron chi connectivity index (χ4n) is 2.19. The van der Waals surface area contributed by atoms with Crippen molar-refractivity contribution in [3.8, 4) is 5.69 Å². The van der Waals surface area contributed by atoms with E-state index in [2.05, 4.69) is 0 Å². The molecule has 1 heterocycles. The second-order valence-electron chi connectivity index (χ2n) is 4.43. The van der Waals surface area contributed by atoms with E-state index >= 15 is 0 Å². The minimum atomic E-state index is -1.22. The van der Waals surface area contributed by atoms with Crippen LogP contribution in [0.5, 0.6) is 0 Å². The molecule has 0 spiro atoms. The maximum Gasteiger partial charge on any atom is 0.341 e. The van der Waals surface area contributed by atoms with E-state index in [1.807, 2.05) is 36.4 Å². The van der Waals surface area contributed by atoms with Gasteiger partial charge in [-0.05, 0) is 35.0 Å². The molecule has 0 saturated heterocycles. The van der Waals surface area contributed by atoms with Crippen molar-refractivity contribution in [2.24, 2.45) is 0 Å². The average Bonchev–Trinajstić information content (AvgIpc) is 2.46. The summed E-state index contributed by atoms with van der Waals surface area (Å²) in [5.41, 5.74) is -0.118. The summed E-state index contributed by atoms with van der Waals surface area (Å²) in [5.74, 6) is -1.22. The van der Waals surface area contributed by atoms with E-state index in [0.29, 0.717) is 5.69 Å². The SMILES string of the molecule is O=C(O)c1cccn(-c2ccc3ccccc3c2)c1=O. The smallest absolute Gasteiger partial charge is 0.341 e. The Balaban J connectivity index is 2.23. The highest BCUT2D eigenvalue weighted by atomic mass is 16.4. The van der Waals surface area contributed by atoms with Gasteiger partial charge in [0.05, 0.1) is 0 Å². The van der Waals surface area contributed by atoms with Crippen molar-refractivity contribution in [3.05, 3.63) is 76.7 Å². The Kier molecular flexibility index (Phi) is 2.84. The largest absolute Gasteiger partial charge is 0.477 e. The van der Waals surface area contributed by atoms with Crippen LogP contribution in [-0.4, -0.2) is 15.6 Å². The molecule has 98 valence electrons. The van der Waals surface area contributed by atoms with Gasteiger partial charge in [0.2, 0.25) is 0 Å². The van der Waals surface area contributed by atoms with Gasteiger partial charge in [-0.1, -0.05) is 30.3 Å². The van der Waals surface area contributed by atoms with Crippen LogP contribution < -0.4 is 5.56 Å². The van der Waals surface area contributed by atoms with Crippen LogP contribution in [0.15, 0.2) is 65.6 Å². The molecule has 4 heteroatoms. The normalized spacial score (nSPS) is 10.6. The molecule has 0 atom stereocenters. The number of aromatic carboxylic acids is 1. The summed E-state index contributed by atoms with van der Waals surface area (Å²) in [5, 5.41) is 11.1. The molecular weight excluding hydrogens is 254 g/mol. The van der Waals surface area contributed by atoms with E-state index in [1.54, 1.807) is 18.3 Å². The number of carboxylic acid groups (broad SMARTS) is 1. The number of rotatable bonds is 2. The van der Waals surface area contributed by atoms with E-state index in [-0.39, 0.29) is 5.56 Å². The highest BCUT2D eigenvalue weighted by Gasteiger charge is 2.11. The summed E-state index contributed by atoms with van der Waals surface area (Å²) in [6.07, 6.45) is 1.57. The second kappa shape index (κ2) is 4.66. The highest BCUT2D eigenvalue weighted by Crippen LogP contribution is 2.17. The minimum Gasteiger partial charge on any atom is -0.477 e. The van der Waals surface area contributed by atoms with Gasteiger partial charge in [-0.15, -0.1) is 0 Å². The molecule has 4 nitrogen and oxygen atoms in total. The lowest BCUT2D eigenvalue weighted by Gasteiger charge is -2.07. The zero-order valence-corrected chi connectivity index (χ0v) is 10.5. The van der Waals surface area contributed by atoms with Crippen molar-refractivity contribution < 1.29 is 9.90 Å². The Morgan fingerprint density at radius 3 is 2.45 bits per heavy atom. The second-order valence-corrected chi connectivity index (χ2v) is 4.43. The third kappa shape index (κ3) is 1.97. The Morgan fingerprint density at radius 1 is 0.950 bits per heavy atom. The molecule has 0 fully saturated rings. The van der Waals surface area contributed by atoms with Crippen LogP contribution in [0.1, 0.15) is 10.4 Å². The van der Waals surface area contributed by atoms with Gasteiger partial charge in [0.25, 0.3) is 5.56 Å². The first-order valence-corrected chi connectivity index (χ1v) is 6.11. The number of benzene rings is 2. The van der Waals surface area contributed by atoms with Gasteiger partial charge in [0, 0.05) is 11.9 Å². The summed E-state index contributed by atoms with van der Waals surface area (Å²) in [4.78, 5) is 23.1. The lowest BCUT2D eigenvalue weighted by molar-refractivity contribution is 0.0694. The zero-order valence-electron chi connectivity index (χ0n) is 10.5. The van der Waals surface area contributed by atoms with Crippen molar-refractivity contribution >= 4 is 16.7 Å². The van der Waals surface area contributed by atoms with Gasteiger partial charge in [-0.25, -0.2) is 4.79 Å². The van der Waals surface area contributed by atoms with E-state index < -0.39 is 11.5 Å². The van der Waals surface area contributed by atoms with Crippen LogP contribution in [0.3, 0.4) is 0 Å². The van der Waals surface area contributed by atoms with Crippen molar-refractivity contribution in [2.75, 3.05) is 0 Å². The number of aromatic nitrogens is 1. The van der Waals surface area contributed by atoms with Crippen LogP contribution in [0.2, 0.25) is 0 Å². The van der Waals surface area contributed by atoms with Crippen molar-refractivity contribution in [2.45, 2.75) is 0 Å². The molecule has 0 unspecified atom stereocenters. The fraction of sp³-hybridized carbons (Fsp3) is 0. The van der Waals surface area contributed by atoms with E-state index in [1.165, 1.54) is 10.6 Å². The van der Waals surface area contributed by atoms with Crippen LogP contribution in [0.4, 0.5) is 0 Å². The van der Waals surface area contributed by atoms with Crippen LogP contribution >= 0.6 is 0 Å². The molecule has 3 rings (SSSR count). The van der Waals surface area contributed by atoms with Crippen molar-refractivity contribution in [3.63, 3.8) is 0 Å². The van der Waals surface area contributed by atoms with Crippen LogP contribution in [-0.2, 0) is 0 Å². The number of nitrogens with zero attached hydrogens (tertiary/aromatic N) is 1. The predicted octanol–water partition coefficient (Wildman–Crippen LogP) is 2.69. The minimum absolute atomic E-state index is 0.236. The Labute approximate surface area is 114 Å². The molecule has 0 bridgehead atoms. The summed E-state index contributed by atoms with van der Waals surface area (Å²) < 4.78 is 1.34. The number of pyridine rings is 1. The maximum atomic E-state index is 12.1. The number of fused-ring (bicyclic) bond motifs is 1. The Bertz CT molecular complexity index is 865. The summed E-state index contributed by atoms with van der Waals surface area (Å²) in [6, 6.07) is 16.2. The number of carboxylic acids is 1. The quantitative estimate of drug-likeness (QED) is 0.775. The molecule has 0 aliphatic heterocycles. The molecule has 20 heavy (non-hydrogen) atoms. The third-order valence-electron chi connectivity index (χ3n) is 3.19. The van der Waals surface area contributed by atoms with Crippen molar-refractivity contribution in [1.82, 2.24) is 4.57 Å². The molecule has 0 radical (unpaired) electrons. The van der Waals surface area contributed by atoms with E-state index in [4.69, 9.17) is 5.11 Å². The third-order valence-corrected chi connectivity index (χ3v) is 3.19. The molecule has 3 aromatic rings. The standard InChI is InChI=1S/C16H11NO3/c18-15-14(16(19)20)6-3-9-17(15)13-8-7-11-4-1-2-5-12(11)10-13/h1-10H,(H,19,20). The van der Waals surface area contributed by atoms with Crippen molar-refractivity contribution in [1.29, 1.82) is 0 Å². The first-order valence-electron chi connectivity index (χ1n) is 6.11. The first-order chi connectivity index (χ1) is 9.66. The van der Waals surface area contributed by atoms with Gasteiger partial charge >= 0.3 is 5.97 Å². The first kappa shape index (κ1) is 12.2. The van der Waals surface area contributed by atoms with E-state index in [0.717, 1.165) is 10.8 Å². The number of carbonyl (C=O) groups is 1. The average molecular weight is 265 g/mol. The molecule has 0 aliphatic rings. The summed E-state index contributed by atoms with van der Waals surface area (Å²) >= 11 is 0. The zero-order chi connectivity index (χ0) is 14.1. The molecule has 0 aliphatic carbocycles. The molecule has 0 saturated carbocycles. The topological polar surface area (TPSA) is 59.3 Å². The maximum absolute atomic E-state index is 12.1. The highest BCUT2D eigenvalue weighted by molar-refractivity contribution is 5.87. The van der Waals surface area contributed by atoms with Crippen LogP contribution in [0, 0.1) is 0 Å². The fourth-order valence-corrected chi connectivity index (χ4v) is 2.19. The van der Waals surface area contributed by atoms with Crippen LogP contribution in [0.25, 0.3) is 16.5 Å². The predicted molar refractivity (Wildman–Crippen MR) is 76.5 cm³/mol. The Hall–Kier alpha value is -2.88. The van der Waals surface area contributed by atoms with Gasteiger partial charge < -0.3 is 5.11 Å². The van der Waals surface area contributed by atoms with Gasteiger partial charge in [0.1, 0.15) is 5.56 Å². The van der Waals surface area contributed by atoms with E-state index in [9.17, 15) is 9.59 Å². The molecule has 1 aromatic heterocycles. The molecule has 0 amide bonds. The summed E-state index contributed by atoms with van der Waals surface area (Å²) in [6.45, 7) is 0. The van der Waals surface area contributed by atoms with Gasteiger partial charge in [-0.3, -0.25) is 9.36 Å². The lowest BCUT2D eigenvalue weighted by atomic mass is 10.1. The Morgan fingerprint density at radius 2 is 1.70 bits per heavy atom. The molecule has 1 N–H and O–H groups in total. The summed E-state index contributed by atoms with van der Waals surface area (Å²) in [7, 11) is 0.